The highest BCUT2D eigenvalue weighted by Gasteiger charge is 2.38. The number of alkyl halides is 3. The van der Waals surface area contributed by atoms with Crippen molar-refractivity contribution in [3.63, 3.8) is 0 Å². The van der Waals surface area contributed by atoms with Gasteiger partial charge in [-0.05, 0) is 18.9 Å². The fourth-order valence-electron chi connectivity index (χ4n) is 1.21. The fraction of sp³-hybridized carbons (Fsp3) is 0.500. The molecule has 1 saturated carbocycles. The van der Waals surface area contributed by atoms with E-state index in [1.165, 1.54) is 19.2 Å². The maximum absolute atomic E-state index is 12.6. The Bertz CT molecular complexity index is 388. The van der Waals surface area contributed by atoms with Crippen LogP contribution in [0.5, 0.6) is 11.6 Å². The monoisotopic (exact) mass is 233 g/mol. The lowest BCUT2D eigenvalue weighted by Gasteiger charge is -2.13. The zero-order chi connectivity index (χ0) is 11.8. The molecule has 1 aromatic rings. The van der Waals surface area contributed by atoms with E-state index in [0.29, 0.717) is 0 Å². The van der Waals surface area contributed by atoms with E-state index >= 15 is 0 Å². The van der Waals surface area contributed by atoms with Crippen molar-refractivity contribution in [3.8, 4) is 11.6 Å². The van der Waals surface area contributed by atoms with Gasteiger partial charge in [-0.2, -0.15) is 13.2 Å². The van der Waals surface area contributed by atoms with E-state index in [1.807, 2.05) is 0 Å². The lowest BCUT2D eigenvalue weighted by molar-refractivity contribution is -0.142. The van der Waals surface area contributed by atoms with Crippen molar-refractivity contribution >= 4 is 0 Å². The maximum Gasteiger partial charge on any atom is 0.437 e. The molecule has 1 fully saturated rings. The fourth-order valence-corrected chi connectivity index (χ4v) is 1.21. The number of rotatable bonds is 3. The molecule has 1 aliphatic rings. The van der Waals surface area contributed by atoms with Crippen molar-refractivity contribution in [1.29, 1.82) is 0 Å². The van der Waals surface area contributed by atoms with Gasteiger partial charge in [0, 0.05) is 6.07 Å². The third-order valence-electron chi connectivity index (χ3n) is 2.13. The summed E-state index contributed by atoms with van der Waals surface area (Å²) in [5.74, 6) is -0.300. The average Bonchev–Trinajstić information content (AvgIpc) is 3.01. The van der Waals surface area contributed by atoms with Crippen LogP contribution in [0.4, 0.5) is 13.2 Å². The Morgan fingerprint density at radius 3 is 2.50 bits per heavy atom. The second-order valence-corrected chi connectivity index (χ2v) is 3.52. The summed E-state index contributed by atoms with van der Waals surface area (Å²) in [5, 5.41) is 0. The Morgan fingerprint density at radius 2 is 2.00 bits per heavy atom. The van der Waals surface area contributed by atoms with E-state index in [0.717, 1.165) is 12.8 Å². The minimum atomic E-state index is -4.53. The van der Waals surface area contributed by atoms with Gasteiger partial charge in [-0.25, -0.2) is 4.98 Å². The molecule has 0 N–H and O–H groups in total. The van der Waals surface area contributed by atoms with Gasteiger partial charge in [-0.3, -0.25) is 0 Å². The normalized spacial score (nSPS) is 16.0. The summed E-state index contributed by atoms with van der Waals surface area (Å²) in [6.07, 6.45) is -3.04. The predicted molar refractivity (Wildman–Crippen MR) is 49.4 cm³/mol. The molecule has 0 saturated heterocycles. The number of nitrogens with zero attached hydrogens (tertiary/aromatic N) is 1. The van der Waals surface area contributed by atoms with Crippen LogP contribution in [0.2, 0.25) is 0 Å². The van der Waals surface area contributed by atoms with Crippen molar-refractivity contribution in [2.45, 2.75) is 25.1 Å². The molecule has 1 aliphatic carbocycles. The molecular formula is C10H10F3NO2. The summed E-state index contributed by atoms with van der Waals surface area (Å²) in [7, 11) is 1.27. The van der Waals surface area contributed by atoms with Gasteiger partial charge in [0.1, 0.15) is 0 Å². The lowest BCUT2D eigenvalue weighted by Crippen LogP contribution is -2.12. The summed E-state index contributed by atoms with van der Waals surface area (Å²) >= 11 is 0. The van der Waals surface area contributed by atoms with Gasteiger partial charge in [0.15, 0.2) is 11.4 Å². The molecule has 6 heteroatoms. The molecule has 0 spiro atoms. The Morgan fingerprint density at radius 1 is 1.31 bits per heavy atom. The van der Waals surface area contributed by atoms with Crippen LogP contribution in [0, 0.1) is 0 Å². The molecule has 0 radical (unpaired) electrons. The summed E-state index contributed by atoms with van der Waals surface area (Å²) in [4.78, 5) is 3.37. The van der Waals surface area contributed by atoms with E-state index < -0.39 is 11.9 Å². The average molecular weight is 233 g/mol. The first-order chi connectivity index (χ1) is 7.50. The highest BCUT2D eigenvalue weighted by Crippen LogP contribution is 2.38. The molecule has 0 atom stereocenters. The van der Waals surface area contributed by atoms with Crippen LogP contribution in [-0.2, 0) is 6.18 Å². The first kappa shape index (κ1) is 11.0. The highest BCUT2D eigenvalue weighted by molar-refractivity contribution is 5.34. The molecule has 88 valence electrons. The molecular weight excluding hydrogens is 223 g/mol. The first-order valence-corrected chi connectivity index (χ1v) is 4.79. The van der Waals surface area contributed by atoms with Crippen LogP contribution in [0.3, 0.4) is 0 Å². The number of aromatic nitrogens is 1. The molecule has 0 amide bonds. The van der Waals surface area contributed by atoms with Crippen molar-refractivity contribution in [1.82, 2.24) is 4.98 Å². The number of ether oxygens (including phenoxy) is 2. The Kier molecular flexibility index (Phi) is 2.65. The molecule has 16 heavy (non-hydrogen) atoms. The first-order valence-electron chi connectivity index (χ1n) is 4.79. The van der Waals surface area contributed by atoms with Gasteiger partial charge >= 0.3 is 6.18 Å². The Hall–Kier alpha value is -1.46. The van der Waals surface area contributed by atoms with Gasteiger partial charge in [0.2, 0.25) is 5.88 Å². The van der Waals surface area contributed by atoms with Crippen LogP contribution in [0.25, 0.3) is 0 Å². The third-order valence-corrected chi connectivity index (χ3v) is 2.13. The van der Waals surface area contributed by atoms with Crippen molar-refractivity contribution in [2.75, 3.05) is 7.11 Å². The molecule has 2 rings (SSSR count). The van der Waals surface area contributed by atoms with Crippen LogP contribution in [-0.4, -0.2) is 18.2 Å². The van der Waals surface area contributed by atoms with Crippen LogP contribution in [0.15, 0.2) is 12.1 Å². The van der Waals surface area contributed by atoms with Crippen LogP contribution < -0.4 is 9.47 Å². The molecule has 3 nitrogen and oxygen atoms in total. The van der Waals surface area contributed by atoms with Crippen molar-refractivity contribution in [2.24, 2.45) is 0 Å². The number of hydrogen-bond acceptors (Lipinski definition) is 3. The van der Waals surface area contributed by atoms with Gasteiger partial charge in [0.05, 0.1) is 13.2 Å². The second-order valence-electron chi connectivity index (χ2n) is 3.52. The number of halogens is 3. The smallest absolute Gasteiger partial charge is 0.437 e. The summed E-state index contributed by atoms with van der Waals surface area (Å²) in [5.41, 5.74) is -1.03. The molecule has 1 aromatic heterocycles. The zero-order valence-corrected chi connectivity index (χ0v) is 8.54. The highest BCUT2D eigenvalue weighted by atomic mass is 19.4. The maximum atomic E-state index is 12.6. The minimum Gasteiger partial charge on any atom is -0.488 e. The second kappa shape index (κ2) is 3.84. The standard InChI is InChI=1S/C10H10F3NO2/c1-15-8-5-4-7(16-6-2-3-6)9(14-8)10(11,12)13/h4-6H,2-3H2,1H3. The molecule has 1 heterocycles. The zero-order valence-electron chi connectivity index (χ0n) is 8.54. The largest absolute Gasteiger partial charge is 0.488 e. The van der Waals surface area contributed by atoms with Gasteiger partial charge < -0.3 is 9.47 Å². The quantitative estimate of drug-likeness (QED) is 0.804. The van der Waals surface area contributed by atoms with Crippen LogP contribution in [0.1, 0.15) is 18.5 Å². The number of pyridine rings is 1. The Balaban J connectivity index is 2.33. The molecule has 0 bridgehead atoms. The number of methoxy groups -OCH3 is 1. The minimum absolute atomic E-state index is 0.0736. The van der Waals surface area contributed by atoms with Crippen LogP contribution >= 0.6 is 0 Å². The van der Waals surface area contributed by atoms with E-state index in [2.05, 4.69) is 9.72 Å². The molecule has 0 aromatic carbocycles. The van der Waals surface area contributed by atoms with E-state index in [9.17, 15) is 13.2 Å². The van der Waals surface area contributed by atoms with Gasteiger partial charge in [-0.1, -0.05) is 0 Å². The summed E-state index contributed by atoms with van der Waals surface area (Å²) in [6, 6.07) is 2.60. The number of hydrogen-bond donors (Lipinski definition) is 0. The van der Waals surface area contributed by atoms with E-state index in [1.54, 1.807) is 0 Å². The van der Waals surface area contributed by atoms with Gasteiger partial charge in [0.25, 0.3) is 0 Å². The topological polar surface area (TPSA) is 31.4 Å². The summed E-state index contributed by atoms with van der Waals surface area (Å²) in [6.45, 7) is 0. The van der Waals surface area contributed by atoms with Gasteiger partial charge in [-0.15, -0.1) is 0 Å². The third kappa shape index (κ3) is 2.37. The van der Waals surface area contributed by atoms with Crippen molar-refractivity contribution in [3.05, 3.63) is 17.8 Å². The van der Waals surface area contributed by atoms with Crippen molar-refractivity contribution < 1.29 is 22.6 Å². The van der Waals surface area contributed by atoms with E-state index in [4.69, 9.17) is 4.74 Å². The van der Waals surface area contributed by atoms with E-state index in [-0.39, 0.29) is 17.7 Å². The summed E-state index contributed by atoms with van der Waals surface area (Å²) < 4.78 is 47.7. The SMILES string of the molecule is COc1ccc(OC2CC2)c(C(F)(F)F)n1. The lowest BCUT2D eigenvalue weighted by atomic mass is 10.3. The molecule has 0 aliphatic heterocycles. The molecule has 0 unspecified atom stereocenters. The Labute approximate surface area is 90.2 Å². The predicted octanol–water partition coefficient (Wildman–Crippen LogP) is 2.65.